The van der Waals surface area contributed by atoms with Gasteiger partial charge >= 0.3 is 12.0 Å². The van der Waals surface area contributed by atoms with Crippen LogP contribution >= 0.6 is 0 Å². The first-order valence-corrected chi connectivity index (χ1v) is 10.8. The average Bonchev–Trinajstić information content (AvgIpc) is 3.60. The van der Waals surface area contributed by atoms with Gasteiger partial charge in [-0.3, -0.25) is 19.8 Å². The number of nitrogens with zero attached hydrogens (tertiary/aromatic N) is 1. The summed E-state index contributed by atoms with van der Waals surface area (Å²) in [6.07, 6.45) is 4.46. The summed E-state index contributed by atoms with van der Waals surface area (Å²) in [7, 11) is 0. The summed E-state index contributed by atoms with van der Waals surface area (Å²) < 4.78 is 4.98. The maximum Gasteiger partial charge on any atom is 0.344 e. The number of hydrazine groups is 1. The topological polar surface area (TPSA) is 134 Å². The number of esters is 1. The molecule has 10 nitrogen and oxygen atoms in total. The Morgan fingerprint density at radius 2 is 1.75 bits per heavy atom. The summed E-state index contributed by atoms with van der Waals surface area (Å²) >= 11 is 0. The molecule has 3 aliphatic rings. The Morgan fingerprint density at radius 1 is 1.09 bits per heavy atom. The van der Waals surface area contributed by atoms with Gasteiger partial charge in [0.15, 0.2) is 6.61 Å². The van der Waals surface area contributed by atoms with Crippen LogP contribution in [-0.2, 0) is 19.1 Å². The molecule has 3 N–H and O–H groups in total. The van der Waals surface area contributed by atoms with Crippen LogP contribution in [0.5, 0.6) is 0 Å². The van der Waals surface area contributed by atoms with Crippen molar-refractivity contribution in [3.05, 3.63) is 29.8 Å². The van der Waals surface area contributed by atoms with Gasteiger partial charge in [0.25, 0.3) is 11.8 Å². The molecule has 1 spiro atoms. The maximum atomic E-state index is 12.7. The van der Waals surface area contributed by atoms with Crippen LogP contribution in [0.4, 0.5) is 10.5 Å². The summed E-state index contributed by atoms with van der Waals surface area (Å²) in [5.74, 6) is -1.51. The normalized spacial score (nSPS) is 24.8. The summed E-state index contributed by atoms with van der Waals surface area (Å²) in [5, 5.41) is 6.14. The predicted molar refractivity (Wildman–Crippen MR) is 112 cm³/mol. The molecule has 1 heterocycles. The van der Waals surface area contributed by atoms with Gasteiger partial charge in [-0.15, -0.1) is 0 Å². The van der Waals surface area contributed by atoms with Crippen molar-refractivity contribution in [1.82, 2.24) is 15.8 Å². The van der Waals surface area contributed by atoms with Crippen molar-refractivity contribution >= 4 is 35.4 Å². The maximum absolute atomic E-state index is 12.7. The van der Waals surface area contributed by atoms with E-state index in [0.29, 0.717) is 29.5 Å². The highest BCUT2D eigenvalue weighted by Crippen LogP contribution is 2.35. The molecular weight excluding hydrogens is 416 g/mol. The molecule has 0 bridgehead atoms. The molecular formula is C22H26N4O6. The van der Waals surface area contributed by atoms with Crippen LogP contribution in [0.15, 0.2) is 24.3 Å². The molecule has 32 heavy (non-hydrogen) atoms. The smallest absolute Gasteiger partial charge is 0.344 e. The molecule has 1 aromatic carbocycles. The lowest BCUT2D eigenvalue weighted by atomic mass is 9.77. The monoisotopic (exact) mass is 442 g/mol. The van der Waals surface area contributed by atoms with Crippen molar-refractivity contribution in [3.8, 4) is 0 Å². The number of urea groups is 1. The third-order valence-electron chi connectivity index (χ3n) is 6.20. The molecule has 0 radical (unpaired) electrons. The van der Waals surface area contributed by atoms with Crippen LogP contribution in [0.3, 0.4) is 0 Å². The molecule has 5 amide bonds. The number of anilines is 1. The second-order valence-corrected chi connectivity index (χ2v) is 8.79. The Labute approximate surface area is 185 Å². The lowest BCUT2D eigenvalue weighted by Crippen LogP contribution is -2.52. The first-order valence-electron chi connectivity index (χ1n) is 10.8. The molecule has 170 valence electrons. The van der Waals surface area contributed by atoms with Gasteiger partial charge < -0.3 is 15.4 Å². The third-order valence-corrected chi connectivity index (χ3v) is 6.20. The minimum Gasteiger partial charge on any atom is -0.452 e. The zero-order valence-electron chi connectivity index (χ0n) is 17.8. The number of hydrogen-bond donors (Lipinski definition) is 3. The van der Waals surface area contributed by atoms with Crippen molar-refractivity contribution in [3.63, 3.8) is 0 Å². The SMILES string of the molecule is CC1CCC2(CC1)NC(=O)N(NC(=O)COC(=O)c1ccc(NC(=O)C3CC3)cc1)C2=O. The van der Waals surface area contributed by atoms with E-state index < -0.39 is 36.0 Å². The quantitative estimate of drug-likeness (QED) is 0.454. The molecule has 3 fully saturated rings. The molecule has 0 aromatic heterocycles. The van der Waals surface area contributed by atoms with E-state index >= 15 is 0 Å². The summed E-state index contributed by atoms with van der Waals surface area (Å²) in [6, 6.07) is 5.43. The number of carbonyl (C=O) groups is 5. The first-order chi connectivity index (χ1) is 15.3. The number of ether oxygens (including phenoxy) is 1. The zero-order valence-corrected chi connectivity index (χ0v) is 17.8. The fourth-order valence-electron chi connectivity index (χ4n) is 3.97. The third kappa shape index (κ3) is 4.58. The van der Waals surface area contributed by atoms with Crippen molar-refractivity contribution in [2.24, 2.45) is 11.8 Å². The minimum atomic E-state index is -0.968. The highest BCUT2D eigenvalue weighted by atomic mass is 16.5. The van der Waals surface area contributed by atoms with E-state index in [1.54, 1.807) is 12.1 Å². The molecule has 4 rings (SSSR count). The molecule has 0 atom stereocenters. The van der Waals surface area contributed by atoms with Gasteiger partial charge in [-0.25, -0.2) is 9.59 Å². The van der Waals surface area contributed by atoms with Gasteiger partial charge in [-0.2, -0.15) is 5.01 Å². The van der Waals surface area contributed by atoms with E-state index in [-0.39, 0.29) is 17.4 Å². The Kier molecular flexibility index (Phi) is 5.86. The van der Waals surface area contributed by atoms with Crippen LogP contribution in [0.25, 0.3) is 0 Å². The largest absolute Gasteiger partial charge is 0.452 e. The van der Waals surface area contributed by atoms with Gasteiger partial charge in [-0.05, 0) is 68.7 Å². The fourth-order valence-corrected chi connectivity index (χ4v) is 3.97. The van der Waals surface area contributed by atoms with Crippen molar-refractivity contribution in [2.75, 3.05) is 11.9 Å². The molecule has 0 unspecified atom stereocenters. The zero-order chi connectivity index (χ0) is 22.9. The molecule has 1 aromatic rings. The predicted octanol–water partition coefficient (Wildman–Crippen LogP) is 1.72. The van der Waals surface area contributed by atoms with Crippen LogP contribution in [0.1, 0.15) is 55.8 Å². The number of hydrogen-bond acceptors (Lipinski definition) is 6. The van der Waals surface area contributed by atoms with Crippen LogP contribution in [0, 0.1) is 11.8 Å². The van der Waals surface area contributed by atoms with Crippen molar-refractivity contribution in [1.29, 1.82) is 0 Å². The van der Waals surface area contributed by atoms with Crippen LogP contribution in [-0.4, -0.2) is 46.9 Å². The van der Waals surface area contributed by atoms with Gasteiger partial charge in [0.2, 0.25) is 5.91 Å². The van der Waals surface area contributed by atoms with E-state index in [0.717, 1.165) is 25.7 Å². The fraction of sp³-hybridized carbons (Fsp3) is 0.500. The van der Waals surface area contributed by atoms with Gasteiger partial charge in [0.1, 0.15) is 5.54 Å². The Hall–Kier alpha value is -3.43. The van der Waals surface area contributed by atoms with Crippen molar-refractivity contribution in [2.45, 2.75) is 51.0 Å². The Bertz CT molecular complexity index is 948. The number of imide groups is 1. The number of nitrogens with one attached hydrogen (secondary N) is 3. The minimum absolute atomic E-state index is 0.0398. The standard InChI is InChI=1S/C22H26N4O6/c1-13-8-10-22(11-9-13)20(30)26(21(31)24-22)25-17(27)12-32-19(29)15-4-6-16(7-5-15)23-18(28)14-2-3-14/h4-7,13-14H,2-3,8-12H2,1H3,(H,23,28)(H,24,31)(H,25,27). The van der Waals surface area contributed by atoms with Gasteiger partial charge in [0, 0.05) is 11.6 Å². The summed E-state index contributed by atoms with van der Waals surface area (Å²) in [5.41, 5.74) is 2.03. The number of carbonyl (C=O) groups excluding carboxylic acids is 5. The first kappa shape index (κ1) is 21.8. The Morgan fingerprint density at radius 3 is 2.38 bits per heavy atom. The molecule has 1 aliphatic heterocycles. The average molecular weight is 442 g/mol. The van der Waals surface area contributed by atoms with E-state index in [9.17, 15) is 24.0 Å². The number of amides is 5. The lowest BCUT2D eigenvalue weighted by molar-refractivity contribution is -0.141. The van der Waals surface area contributed by atoms with E-state index in [2.05, 4.69) is 23.0 Å². The van der Waals surface area contributed by atoms with Gasteiger partial charge in [0.05, 0.1) is 5.56 Å². The van der Waals surface area contributed by atoms with Gasteiger partial charge in [-0.1, -0.05) is 6.92 Å². The highest BCUT2D eigenvalue weighted by Gasteiger charge is 2.52. The lowest BCUT2D eigenvalue weighted by Gasteiger charge is -2.33. The Balaban J connectivity index is 1.26. The van der Waals surface area contributed by atoms with Crippen LogP contribution in [0.2, 0.25) is 0 Å². The second kappa shape index (κ2) is 8.60. The van der Waals surface area contributed by atoms with Crippen LogP contribution < -0.4 is 16.1 Å². The number of benzene rings is 1. The number of rotatable bonds is 6. The van der Waals surface area contributed by atoms with E-state index in [1.165, 1.54) is 12.1 Å². The second-order valence-electron chi connectivity index (χ2n) is 8.79. The molecule has 10 heteroatoms. The molecule has 1 saturated heterocycles. The van der Waals surface area contributed by atoms with Crippen molar-refractivity contribution < 1.29 is 28.7 Å². The summed E-state index contributed by atoms with van der Waals surface area (Å²) in [4.78, 5) is 61.1. The van der Waals surface area contributed by atoms with E-state index in [4.69, 9.17) is 4.74 Å². The highest BCUT2D eigenvalue weighted by molar-refractivity contribution is 6.08. The molecule has 2 saturated carbocycles. The van der Waals surface area contributed by atoms with E-state index in [1.807, 2.05) is 0 Å². The molecule has 2 aliphatic carbocycles. The summed E-state index contributed by atoms with van der Waals surface area (Å²) in [6.45, 7) is 1.44.